The lowest BCUT2D eigenvalue weighted by atomic mass is 10.0. The first-order valence-electron chi connectivity index (χ1n) is 7.11. The first-order valence-corrected chi connectivity index (χ1v) is 7.49. The number of ether oxygens (including phenoxy) is 1. The molecule has 0 radical (unpaired) electrons. The fourth-order valence-electron chi connectivity index (χ4n) is 2.37. The molecular weight excluding hydrogens is 326 g/mol. The van der Waals surface area contributed by atoms with Crippen molar-refractivity contribution >= 4 is 34.7 Å². The smallest absolute Gasteiger partial charge is 0.354 e. The van der Waals surface area contributed by atoms with Crippen molar-refractivity contribution in [1.29, 1.82) is 5.26 Å². The van der Waals surface area contributed by atoms with E-state index in [-0.39, 0.29) is 5.56 Å². The van der Waals surface area contributed by atoms with Gasteiger partial charge in [-0.25, -0.2) is 4.79 Å². The largest absolute Gasteiger partial charge is 0.497 e. The van der Waals surface area contributed by atoms with E-state index in [2.05, 4.69) is 0 Å². The predicted molar refractivity (Wildman–Crippen MR) is 94.1 cm³/mol. The van der Waals surface area contributed by atoms with Crippen LogP contribution in [0.1, 0.15) is 16.7 Å². The Hall–Kier alpha value is -3.03. The predicted octanol–water partition coefficient (Wildman–Crippen LogP) is 4.50. The van der Waals surface area contributed by atoms with Gasteiger partial charge in [-0.05, 0) is 35.9 Å². The highest BCUT2D eigenvalue weighted by Gasteiger charge is 2.12. The normalized spacial score (nSPS) is 10.9. The average Bonchev–Trinajstić information content (AvgIpc) is 2.60. The Morgan fingerprint density at radius 3 is 2.58 bits per heavy atom. The van der Waals surface area contributed by atoms with Crippen LogP contribution in [0, 0.1) is 11.3 Å². The maximum absolute atomic E-state index is 12.0. The van der Waals surface area contributed by atoms with E-state index >= 15 is 0 Å². The van der Waals surface area contributed by atoms with Gasteiger partial charge in [-0.15, -0.1) is 0 Å². The third-order valence-corrected chi connectivity index (χ3v) is 3.81. The Kier molecular flexibility index (Phi) is 4.37. The monoisotopic (exact) mass is 337 g/mol. The summed E-state index contributed by atoms with van der Waals surface area (Å²) in [6.45, 7) is 0. The van der Waals surface area contributed by atoms with Crippen molar-refractivity contribution in [2.45, 2.75) is 0 Å². The number of rotatable bonds is 3. The van der Waals surface area contributed by atoms with E-state index in [0.29, 0.717) is 21.6 Å². The quantitative estimate of drug-likeness (QED) is 0.660. The molecule has 118 valence electrons. The second-order valence-electron chi connectivity index (χ2n) is 5.04. The lowest BCUT2D eigenvalue weighted by molar-refractivity contribution is 0.415. The molecule has 0 unspecified atom stereocenters. The van der Waals surface area contributed by atoms with Gasteiger partial charge in [0.25, 0.3) is 0 Å². The van der Waals surface area contributed by atoms with E-state index < -0.39 is 5.63 Å². The van der Waals surface area contributed by atoms with Gasteiger partial charge < -0.3 is 9.15 Å². The molecule has 4 nitrogen and oxygen atoms in total. The molecule has 0 aliphatic rings. The highest BCUT2D eigenvalue weighted by atomic mass is 35.5. The van der Waals surface area contributed by atoms with Crippen LogP contribution in [-0.2, 0) is 0 Å². The minimum absolute atomic E-state index is 0.0467. The van der Waals surface area contributed by atoms with E-state index in [1.54, 1.807) is 31.4 Å². The van der Waals surface area contributed by atoms with Crippen LogP contribution in [0.5, 0.6) is 5.75 Å². The molecule has 24 heavy (non-hydrogen) atoms. The molecule has 0 amide bonds. The zero-order valence-electron chi connectivity index (χ0n) is 12.7. The van der Waals surface area contributed by atoms with Crippen molar-refractivity contribution in [2.75, 3.05) is 7.11 Å². The van der Waals surface area contributed by atoms with Gasteiger partial charge in [0, 0.05) is 16.0 Å². The molecule has 0 saturated carbocycles. The lowest BCUT2D eigenvalue weighted by Crippen LogP contribution is -2.06. The minimum atomic E-state index is -0.665. The maximum atomic E-state index is 12.0. The summed E-state index contributed by atoms with van der Waals surface area (Å²) in [6, 6.07) is 14.3. The fraction of sp³-hybridized carbons (Fsp3) is 0.0526. The van der Waals surface area contributed by atoms with Gasteiger partial charge in [-0.3, -0.25) is 0 Å². The van der Waals surface area contributed by atoms with Crippen LogP contribution in [0.15, 0.2) is 51.7 Å². The molecule has 5 heteroatoms. The van der Waals surface area contributed by atoms with Crippen molar-refractivity contribution in [1.82, 2.24) is 0 Å². The van der Waals surface area contributed by atoms with Crippen LogP contribution < -0.4 is 10.4 Å². The van der Waals surface area contributed by atoms with Gasteiger partial charge in [0.05, 0.1) is 7.11 Å². The van der Waals surface area contributed by atoms with Crippen molar-refractivity contribution in [2.24, 2.45) is 0 Å². The van der Waals surface area contributed by atoms with Crippen LogP contribution in [0.3, 0.4) is 0 Å². The standard InChI is InChI=1S/C19H12ClNO3/c1-23-14-6-2-12(3-7-14)4-8-15-16-10-13(20)5-9-18(16)24-19(22)17(15)11-21/h2-10H,1H3/b8-4+. The highest BCUT2D eigenvalue weighted by molar-refractivity contribution is 6.31. The van der Waals surface area contributed by atoms with Crippen molar-refractivity contribution in [3.63, 3.8) is 0 Å². The molecule has 0 N–H and O–H groups in total. The van der Waals surface area contributed by atoms with Gasteiger partial charge in [0.1, 0.15) is 23.0 Å². The summed E-state index contributed by atoms with van der Waals surface area (Å²) in [5, 5.41) is 10.4. The van der Waals surface area contributed by atoms with E-state index in [9.17, 15) is 10.1 Å². The Balaban J connectivity index is 2.16. The number of hydrogen-bond acceptors (Lipinski definition) is 4. The number of benzene rings is 2. The molecule has 3 rings (SSSR count). The molecule has 0 spiro atoms. The summed E-state index contributed by atoms with van der Waals surface area (Å²) >= 11 is 6.04. The SMILES string of the molecule is COc1ccc(/C=C/c2c(C#N)c(=O)oc3ccc(Cl)cc23)cc1. The Labute approximate surface area is 143 Å². The van der Waals surface area contributed by atoms with Crippen LogP contribution in [0.2, 0.25) is 5.02 Å². The molecule has 0 bridgehead atoms. The van der Waals surface area contributed by atoms with Gasteiger partial charge in [-0.2, -0.15) is 5.26 Å². The third-order valence-electron chi connectivity index (χ3n) is 3.58. The molecule has 0 aliphatic carbocycles. The van der Waals surface area contributed by atoms with Crippen LogP contribution in [0.4, 0.5) is 0 Å². The summed E-state index contributed by atoms with van der Waals surface area (Å²) in [5.74, 6) is 0.752. The van der Waals surface area contributed by atoms with Crippen molar-refractivity contribution < 1.29 is 9.15 Å². The second-order valence-corrected chi connectivity index (χ2v) is 5.47. The molecular formula is C19H12ClNO3. The van der Waals surface area contributed by atoms with Crippen molar-refractivity contribution in [3.05, 3.63) is 74.6 Å². The first kappa shape index (κ1) is 15.9. The molecule has 1 heterocycles. The lowest BCUT2D eigenvalue weighted by Gasteiger charge is -2.04. The minimum Gasteiger partial charge on any atom is -0.497 e. The zero-order valence-corrected chi connectivity index (χ0v) is 13.5. The van der Waals surface area contributed by atoms with Crippen LogP contribution >= 0.6 is 11.6 Å². The van der Waals surface area contributed by atoms with Crippen LogP contribution in [-0.4, -0.2) is 7.11 Å². The van der Waals surface area contributed by atoms with E-state index in [0.717, 1.165) is 11.3 Å². The molecule has 0 fully saturated rings. The van der Waals surface area contributed by atoms with Gasteiger partial charge in [-0.1, -0.05) is 35.9 Å². The number of nitriles is 1. The zero-order chi connectivity index (χ0) is 17.1. The topological polar surface area (TPSA) is 63.2 Å². The molecule has 0 atom stereocenters. The number of fused-ring (bicyclic) bond motifs is 1. The van der Waals surface area contributed by atoms with Crippen LogP contribution in [0.25, 0.3) is 23.1 Å². The van der Waals surface area contributed by atoms with Gasteiger partial charge in [0.2, 0.25) is 0 Å². The number of nitrogens with zero attached hydrogens (tertiary/aromatic N) is 1. The second kappa shape index (κ2) is 6.61. The third kappa shape index (κ3) is 3.03. The number of halogens is 1. The highest BCUT2D eigenvalue weighted by Crippen LogP contribution is 2.25. The molecule has 0 aliphatic heterocycles. The fourth-order valence-corrected chi connectivity index (χ4v) is 2.54. The molecule has 3 aromatic rings. The summed E-state index contributed by atoms with van der Waals surface area (Å²) in [6.07, 6.45) is 3.53. The maximum Gasteiger partial charge on any atom is 0.354 e. The molecule has 1 aromatic heterocycles. The van der Waals surface area contributed by atoms with E-state index in [1.165, 1.54) is 0 Å². The van der Waals surface area contributed by atoms with Gasteiger partial charge in [0.15, 0.2) is 0 Å². The summed E-state index contributed by atoms with van der Waals surface area (Å²) in [7, 11) is 1.60. The average molecular weight is 338 g/mol. The van der Waals surface area contributed by atoms with Gasteiger partial charge >= 0.3 is 5.63 Å². The number of methoxy groups -OCH3 is 1. The van der Waals surface area contributed by atoms with E-state index in [4.69, 9.17) is 20.8 Å². The Bertz CT molecular complexity index is 1030. The summed E-state index contributed by atoms with van der Waals surface area (Å²) < 4.78 is 10.3. The Morgan fingerprint density at radius 2 is 1.92 bits per heavy atom. The Morgan fingerprint density at radius 1 is 1.17 bits per heavy atom. The van der Waals surface area contributed by atoms with E-state index in [1.807, 2.05) is 36.4 Å². The first-order chi connectivity index (χ1) is 11.6. The summed E-state index contributed by atoms with van der Waals surface area (Å²) in [5.41, 5.74) is 1.07. The summed E-state index contributed by atoms with van der Waals surface area (Å²) in [4.78, 5) is 12.0. The molecule has 2 aromatic carbocycles. The van der Waals surface area contributed by atoms with Crippen molar-refractivity contribution in [3.8, 4) is 11.8 Å². The number of hydrogen-bond donors (Lipinski definition) is 0. The molecule has 0 saturated heterocycles.